The molecule has 1 amide bonds. The Balaban J connectivity index is 2.70. The minimum absolute atomic E-state index is 0.00642. The Morgan fingerprint density at radius 2 is 2.05 bits per heavy atom. The van der Waals surface area contributed by atoms with Crippen LogP contribution in [-0.4, -0.2) is 27.4 Å². The molecule has 1 rings (SSSR count). The van der Waals surface area contributed by atoms with E-state index in [-0.39, 0.29) is 34.5 Å². The van der Waals surface area contributed by atoms with Crippen LogP contribution in [0.5, 0.6) is 0 Å². The van der Waals surface area contributed by atoms with E-state index in [9.17, 15) is 17.6 Å². The average Bonchev–Trinajstić information content (AvgIpc) is 2.40. The maximum absolute atomic E-state index is 13.1. The van der Waals surface area contributed by atoms with Crippen LogP contribution in [-0.2, 0) is 14.8 Å². The highest BCUT2D eigenvalue weighted by molar-refractivity contribution is 7.89. The summed E-state index contributed by atoms with van der Waals surface area (Å²) in [5, 5.41) is 2.34. The smallest absolute Gasteiger partial charge is 0.242 e. The molecule has 4 N–H and O–H groups in total. The number of nitrogens with one attached hydrogen (secondary N) is 2. The highest BCUT2D eigenvalue weighted by Crippen LogP contribution is 2.26. The third kappa shape index (κ3) is 5.14. The third-order valence-corrected chi connectivity index (χ3v) is 4.48. The number of amides is 1. The Morgan fingerprint density at radius 3 is 2.67 bits per heavy atom. The van der Waals surface area contributed by atoms with Crippen LogP contribution >= 0.6 is 11.6 Å². The van der Waals surface area contributed by atoms with Gasteiger partial charge in [-0.3, -0.25) is 4.79 Å². The molecular weight excluding hydrogens is 321 g/mol. The van der Waals surface area contributed by atoms with Crippen LogP contribution < -0.4 is 15.8 Å². The fourth-order valence-corrected chi connectivity index (χ4v) is 3.06. The number of anilines is 1. The number of hydrogen-bond donors (Lipinski definition) is 3. The lowest BCUT2D eigenvalue weighted by molar-refractivity contribution is -0.120. The lowest BCUT2D eigenvalue weighted by atomic mass is 10.3. The molecule has 118 valence electrons. The van der Waals surface area contributed by atoms with E-state index < -0.39 is 15.8 Å². The van der Waals surface area contributed by atoms with E-state index in [1.54, 1.807) is 0 Å². The van der Waals surface area contributed by atoms with Gasteiger partial charge >= 0.3 is 0 Å². The largest absolute Gasteiger partial charge is 0.396 e. The van der Waals surface area contributed by atoms with E-state index in [0.717, 1.165) is 18.6 Å². The van der Waals surface area contributed by atoms with Crippen molar-refractivity contribution in [3.63, 3.8) is 0 Å². The van der Waals surface area contributed by atoms with Gasteiger partial charge in [0.25, 0.3) is 0 Å². The first kappa shape index (κ1) is 17.7. The number of nitrogens with two attached hydrogens (primary N) is 1. The van der Waals surface area contributed by atoms with Gasteiger partial charge in [-0.15, -0.1) is 0 Å². The molecule has 0 spiro atoms. The van der Waals surface area contributed by atoms with Crippen molar-refractivity contribution in [1.82, 2.24) is 10.0 Å². The molecule has 0 atom stereocenters. The number of rotatable bonds is 7. The van der Waals surface area contributed by atoms with E-state index in [1.807, 2.05) is 6.92 Å². The number of carbonyl (C=O) groups is 1. The van der Waals surface area contributed by atoms with Crippen molar-refractivity contribution < 1.29 is 17.6 Å². The summed E-state index contributed by atoms with van der Waals surface area (Å²) in [4.78, 5) is 11.0. The number of halogens is 2. The Bertz CT molecular complexity index is 622. The lowest BCUT2D eigenvalue weighted by Crippen LogP contribution is -2.31. The minimum atomic E-state index is -3.95. The first-order chi connectivity index (χ1) is 9.77. The molecule has 21 heavy (non-hydrogen) atoms. The summed E-state index contributed by atoms with van der Waals surface area (Å²) >= 11 is 5.70. The molecule has 6 nitrogen and oxygen atoms in total. The van der Waals surface area contributed by atoms with Crippen molar-refractivity contribution in [2.75, 3.05) is 18.8 Å². The van der Waals surface area contributed by atoms with E-state index in [1.165, 1.54) is 0 Å². The van der Waals surface area contributed by atoms with Gasteiger partial charge < -0.3 is 11.1 Å². The fraction of sp³-hybridized carbons (Fsp3) is 0.417. The Morgan fingerprint density at radius 1 is 1.38 bits per heavy atom. The number of hydrogen-bond acceptors (Lipinski definition) is 4. The first-order valence-electron chi connectivity index (χ1n) is 6.28. The van der Waals surface area contributed by atoms with Crippen LogP contribution in [0.25, 0.3) is 0 Å². The van der Waals surface area contributed by atoms with E-state index in [2.05, 4.69) is 10.0 Å². The molecule has 1 aromatic carbocycles. The Labute approximate surface area is 127 Å². The molecular formula is C12H17ClFN3O3S. The van der Waals surface area contributed by atoms with E-state index in [4.69, 9.17) is 17.3 Å². The average molecular weight is 338 g/mol. The minimum Gasteiger partial charge on any atom is -0.396 e. The predicted octanol–water partition coefficient (Wildman–Crippen LogP) is 1.26. The lowest BCUT2D eigenvalue weighted by Gasteiger charge is -2.09. The number of carbonyl (C=O) groups excluding carboxylic acids is 1. The highest BCUT2D eigenvalue weighted by atomic mass is 35.5. The van der Waals surface area contributed by atoms with Crippen molar-refractivity contribution in [3.05, 3.63) is 23.0 Å². The molecule has 0 heterocycles. The second kappa shape index (κ2) is 7.58. The summed E-state index contributed by atoms with van der Waals surface area (Å²) in [6.07, 6.45) is 0.787. The van der Waals surface area contributed by atoms with Crippen molar-refractivity contribution in [1.29, 1.82) is 0 Å². The number of nitrogen functional groups attached to an aromatic ring is 1. The van der Waals surface area contributed by atoms with Crippen molar-refractivity contribution >= 4 is 33.2 Å². The zero-order valence-electron chi connectivity index (χ0n) is 11.4. The molecule has 0 aliphatic heterocycles. The SMILES string of the molecule is CCCNC(=O)CCNS(=O)(=O)c1cc(N)c(F)cc1Cl. The van der Waals surface area contributed by atoms with E-state index in [0.29, 0.717) is 6.54 Å². The van der Waals surface area contributed by atoms with Crippen LogP contribution in [0.15, 0.2) is 17.0 Å². The van der Waals surface area contributed by atoms with Gasteiger partial charge in [0.05, 0.1) is 10.7 Å². The molecule has 1 aromatic rings. The summed E-state index contributed by atoms with van der Waals surface area (Å²) in [5.41, 5.74) is 5.01. The molecule has 0 aliphatic carbocycles. The van der Waals surface area contributed by atoms with Gasteiger partial charge in [-0.05, 0) is 18.6 Å². The van der Waals surface area contributed by atoms with Gasteiger partial charge in [0, 0.05) is 19.5 Å². The predicted molar refractivity (Wildman–Crippen MR) is 78.9 cm³/mol. The molecule has 9 heteroatoms. The van der Waals surface area contributed by atoms with Gasteiger partial charge in [-0.25, -0.2) is 17.5 Å². The van der Waals surface area contributed by atoms with Crippen LogP contribution in [0, 0.1) is 5.82 Å². The molecule has 0 fully saturated rings. The third-order valence-electron chi connectivity index (χ3n) is 2.56. The summed E-state index contributed by atoms with van der Waals surface area (Å²) < 4.78 is 39.4. The van der Waals surface area contributed by atoms with E-state index >= 15 is 0 Å². The topological polar surface area (TPSA) is 101 Å². The van der Waals surface area contributed by atoms with Crippen LogP contribution in [0.3, 0.4) is 0 Å². The van der Waals surface area contributed by atoms with Crippen molar-refractivity contribution in [3.8, 4) is 0 Å². The number of benzene rings is 1. The zero-order chi connectivity index (χ0) is 16.0. The quantitative estimate of drug-likeness (QED) is 0.652. The van der Waals surface area contributed by atoms with Gasteiger partial charge in [0.15, 0.2) is 0 Å². The summed E-state index contributed by atoms with van der Waals surface area (Å²) in [6.45, 7) is 2.35. The molecule has 0 aromatic heterocycles. The van der Waals surface area contributed by atoms with Crippen molar-refractivity contribution in [2.45, 2.75) is 24.7 Å². The van der Waals surface area contributed by atoms with Gasteiger partial charge in [-0.1, -0.05) is 18.5 Å². The molecule has 0 radical (unpaired) electrons. The Kier molecular flexibility index (Phi) is 6.38. The standard InChI is InChI=1S/C12H17ClFN3O3S/c1-2-4-16-12(18)3-5-17-21(19,20)11-7-10(15)9(14)6-8(11)13/h6-7,17H,2-5,15H2,1H3,(H,16,18). The van der Waals surface area contributed by atoms with Crippen LogP contribution in [0.2, 0.25) is 5.02 Å². The Hall–Kier alpha value is -1.38. The van der Waals surface area contributed by atoms with Gasteiger partial charge in [-0.2, -0.15) is 0 Å². The monoisotopic (exact) mass is 337 g/mol. The second-order valence-electron chi connectivity index (χ2n) is 4.30. The molecule has 0 saturated heterocycles. The number of sulfonamides is 1. The second-order valence-corrected chi connectivity index (χ2v) is 6.44. The maximum atomic E-state index is 13.1. The molecule has 0 bridgehead atoms. The maximum Gasteiger partial charge on any atom is 0.242 e. The normalized spacial score (nSPS) is 11.4. The summed E-state index contributed by atoms with van der Waals surface area (Å²) in [7, 11) is -3.95. The molecule has 0 saturated carbocycles. The van der Waals surface area contributed by atoms with Crippen LogP contribution in [0.4, 0.5) is 10.1 Å². The highest BCUT2D eigenvalue weighted by Gasteiger charge is 2.20. The van der Waals surface area contributed by atoms with Gasteiger partial charge in [0.1, 0.15) is 10.7 Å². The van der Waals surface area contributed by atoms with Crippen LogP contribution in [0.1, 0.15) is 19.8 Å². The first-order valence-corrected chi connectivity index (χ1v) is 8.15. The zero-order valence-corrected chi connectivity index (χ0v) is 13.0. The van der Waals surface area contributed by atoms with Crippen molar-refractivity contribution in [2.24, 2.45) is 0 Å². The summed E-state index contributed by atoms with van der Waals surface area (Å²) in [5.74, 6) is -1.05. The van der Waals surface area contributed by atoms with Gasteiger partial charge in [0.2, 0.25) is 15.9 Å². The summed E-state index contributed by atoms with van der Waals surface area (Å²) in [6, 6.07) is 1.77. The fourth-order valence-electron chi connectivity index (χ4n) is 1.48. The molecule has 0 unspecified atom stereocenters. The molecule has 0 aliphatic rings.